The molecule has 1 N–H and O–H groups in total. The number of Topliss-reactive ketones (excluding diaryl/α,β-unsaturated/α-hetero) is 1. The van der Waals surface area contributed by atoms with E-state index in [0.717, 1.165) is 0 Å². The maximum Gasteiger partial charge on any atom is 0.295 e. The SMILES string of the molecule is COc1ccc(/C(O)=C2\C(=O)C(=O)N(CCN(C)C)C2c2ccccc2OC)cc1Br. The van der Waals surface area contributed by atoms with Crippen LogP contribution in [-0.2, 0) is 9.59 Å². The Kier molecular flexibility index (Phi) is 7.02. The standard InChI is InChI=1S/C23H25BrN2O5/c1-25(2)11-12-26-20(15-7-5-6-8-17(15)30-3)19(22(28)23(26)29)21(27)14-9-10-18(31-4)16(24)13-14/h5-10,13,20,27H,11-12H2,1-4H3/b21-19+. The molecule has 1 heterocycles. The van der Waals surface area contributed by atoms with Crippen LogP contribution in [0.4, 0.5) is 0 Å². The minimum absolute atomic E-state index is 0.0327. The number of methoxy groups -OCH3 is 2. The minimum Gasteiger partial charge on any atom is -0.507 e. The molecule has 0 radical (unpaired) electrons. The van der Waals surface area contributed by atoms with Gasteiger partial charge in [0.15, 0.2) is 0 Å². The maximum absolute atomic E-state index is 13.1. The molecule has 1 aliphatic heterocycles. The van der Waals surface area contributed by atoms with Gasteiger partial charge >= 0.3 is 0 Å². The van der Waals surface area contributed by atoms with Crippen LogP contribution in [0.3, 0.4) is 0 Å². The van der Waals surface area contributed by atoms with Crippen molar-refractivity contribution in [2.45, 2.75) is 6.04 Å². The predicted octanol–water partition coefficient (Wildman–Crippen LogP) is 3.45. The highest BCUT2D eigenvalue weighted by atomic mass is 79.9. The summed E-state index contributed by atoms with van der Waals surface area (Å²) in [6, 6.07) is 11.4. The third-order valence-electron chi connectivity index (χ3n) is 5.19. The first-order chi connectivity index (χ1) is 14.8. The van der Waals surface area contributed by atoms with Gasteiger partial charge in [-0.2, -0.15) is 0 Å². The van der Waals surface area contributed by atoms with E-state index in [0.29, 0.717) is 40.2 Å². The summed E-state index contributed by atoms with van der Waals surface area (Å²) in [5.41, 5.74) is 1.07. The van der Waals surface area contributed by atoms with Gasteiger partial charge in [-0.05, 0) is 54.3 Å². The Morgan fingerprint density at radius 3 is 2.39 bits per heavy atom. The van der Waals surface area contributed by atoms with Crippen molar-refractivity contribution in [1.29, 1.82) is 0 Å². The van der Waals surface area contributed by atoms with Gasteiger partial charge in [0.2, 0.25) is 0 Å². The summed E-state index contributed by atoms with van der Waals surface area (Å²) < 4.78 is 11.4. The van der Waals surface area contributed by atoms with Crippen LogP contribution in [0.2, 0.25) is 0 Å². The van der Waals surface area contributed by atoms with Gasteiger partial charge in [0.1, 0.15) is 17.3 Å². The first-order valence-corrected chi connectivity index (χ1v) is 10.5. The normalized spacial score (nSPS) is 18.0. The monoisotopic (exact) mass is 488 g/mol. The zero-order chi connectivity index (χ0) is 22.7. The quantitative estimate of drug-likeness (QED) is 0.365. The van der Waals surface area contributed by atoms with Crippen LogP contribution in [-0.4, -0.2) is 68.0 Å². The number of likely N-dealkylation sites (N-methyl/N-ethyl adjacent to an activating group) is 1. The van der Waals surface area contributed by atoms with Gasteiger partial charge in [0.05, 0.1) is 30.3 Å². The zero-order valence-electron chi connectivity index (χ0n) is 17.9. The van der Waals surface area contributed by atoms with Crippen LogP contribution in [0.25, 0.3) is 5.76 Å². The molecule has 1 saturated heterocycles. The topological polar surface area (TPSA) is 79.3 Å². The van der Waals surface area contributed by atoms with Crippen molar-refractivity contribution in [1.82, 2.24) is 9.80 Å². The van der Waals surface area contributed by atoms with Gasteiger partial charge < -0.3 is 24.4 Å². The van der Waals surface area contributed by atoms with Crippen LogP contribution >= 0.6 is 15.9 Å². The van der Waals surface area contributed by atoms with Crippen LogP contribution in [0, 0.1) is 0 Å². The summed E-state index contributed by atoms with van der Waals surface area (Å²) in [5.74, 6) is -0.494. The molecule has 0 aliphatic carbocycles. The Labute approximate surface area is 190 Å². The number of carbonyl (C=O) groups excluding carboxylic acids is 2. The molecule has 1 unspecified atom stereocenters. The number of hydrogen-bond donors (Lipinski definition) is 1. The number of hydrogen-bond acceptors (Lipinski definition) is 6. The molecule has 1 atom stereocenters. The van der Waals surface area contributed by atoms with Crippen molar-refractivity contribution in [2.75, 3.05) is 41.4 Å². The Bertz CT molecular complexity index is 1030. The van der Waals surface area contributed by atoms with Crippen molar-refractivity contribution in [3.63, 3.8) is 0 Å². The number of halogens is 1. The highest BCUT2D eigenvalue weighted by Gasteiger charge is 2.46. The number of para-hydroxylation sites is 1. The number of likely N-dealkylation sites (tertiary alicyclic amines) is 1. The summed E-state index contributed by atoms with van der Waals surface area (Å²) in [5, 5.41) is 11.2. The average molecular weight is 489 g/mol. The lowest BCUT2D eigenvalue weighted by molar-refractivity contribution is -0.140. The molecule has 8 heteroatoms. The number of rotatable bonds is 7. The number of aliphatic hydroxyl groups excluding tert-OH is 1. The smallest absolute Gasteiger partial charge is 0.295 e. The van der Waals surface area contributed by atoms with Crippen LogP contribution in [0.15, 0.2) is 52.5 Å². The number of benzene rings is 2. The second-order valence-corrected chi connectivity index (χ2v) is 8.24. The van der Waals surface area contributed by atoms with Gasteiger partial charge in [0.25, 0.3) is 11.7 Å². The third-order valence-corrected chi connectivity index (χ3v) is 5.81. The van der Waals surface area contributed by atoms with Crippen molar-refractivity contribution < 1.29 is 24.2 Å². The van der Waals surface area contributed by atoms with Gasteiger partial charge in [-0.3, -0.25) is 9.59 Å². The molecule has 0 aromatic heterocycles. The van der Waals surface area contributed by atoms with E-state index in [4.69, 9.17) is 9.47 Å². The number of carbonyl (C=O) groups is 2. The van der Waals surface area contributed by atoms with Gasteiger partial charge in [-0.1, -0.05) is 18.2 Å². The highest BCUT2D eigenvalue weighted by molar-refractivity contribution is 9.10. The summed E-state index contributed by atoms with van der Waals surface area (Å²) >= 11 is 3.40. The lowest BCUT2D eigenvalue weighted by Gasteiger charge is -2.27. The van der Waals surface area contributed by atoms with E-state index in [1.165, 1.54) is 19.1 Å². The predicted molar refractivity (Wildman–Crippen MR) is 121 cm³/mol. The number of aliphatic hydroxyl groups is 1. The second-order valence-electron chi connectivity index (χ2n) is 7.39. The lowest BCUT2D eigenvalue weighted by Crippen LogP contribution is -2.35. The Morgan fingerprint density at radius 1 is 1.10 bits per heavy atom. The van der Waals surface area contributed by atoms with Crippen LogP contribution in [0.5, 0.6) is 11.5 Å². The molecule has 164 valence electrons. The molecule has 2 aromatic rings. The van der Waals surface area contributed by atoms with Gasteiger partial charge in [-0.25, -0.2) is 0 Å². The number of amides is 1. The summed E-state index contributed by atoms with van der Waals surface area (Å²) in [6.07, 6.45) is 0. The van der Waals surface area contributed by atoms with E-state index in [-0.39, 0.29) is 11.3 Å². The Hall–Kier alpha value is -2.84. The van der Waals surface area contributed by atoms with E-state index >= 15 is 0 Å². The van der Waals surface area contributed by atoms with Crippen LogP contribution in [0.1, 0.15) is 17.2 Å². The summed E-state index contributed by atoms with van der Waals surface area (Å²) in [4.78, 5) is 29.4. The van der Waals surface area contributed by atoms with Gasteiger partial charge in [-0.15, -0.1) is 0 Å². The first-order valence-electron chi connectivity index (χ1n) is 9.70. The molecule has 1 amide bonds. The minimum atomic E-state index is -0.767. The number of nitrogens with zero attached hydrogens (tertiary/aromatic N) is 2. The molecule has 1 fully saturated rings. The molecule has 0 bridgehead atoms. The molecule has 7 nitrogen and oxygen atoms in total. The first kappa shape index (κ1) is 22.8. The van der Waals surface area contributed by atoms with E-state index in [2.05, 4.69) is 15.9 Å². The van der Waals surface area contributed by atoms with Crippen molar-refractivity contribution >= 4 is 33.4 Å². The summed E-state index contributed by atoms with van der Waals surface area (Å²) in [7, 11) is 6.86. The fraction of sp³-hybridized carbons (Fsp3) is 0.304. The van der Waals surface area contributed by atoms with Crippen molar-refractivity contribution in [3.8, 4) is 11.5 Å². The highest BCUT2D eigenvalue weighted by Crippen LogP contribution is 2.43. The zero-order valence-corrected chi connectivity index (χ0v) is 19.5. The number of ether oxygens (including phenoxy) is 2. The fourth-order valence-corrected chi connectivity index (χ4v) is 4.14. The molecular weight excluding hydrogens is 464 g/mol. The third kappa shape index (κ3) is 4.45. The van der Waals surface area contributed by atoms with Crippen molar-refractivity contribution in [3.05, 3.63) is 63.6 Å². The molecule has 0 spiro atoms. The second kappa shape index (κ2) is 9.53. The van der Waals surface area contributed by atoms with E-state index in [9.17, 15) is 14.7 Å². The molecular formula is C23H25BrN2O5. The molecule has 2 aromatic carbocycles. The van der Waals surface area contributed by atoms with Crippen molar-refractivity contribution in [2.24, 2.45) is 0 Å². The molecule has 1 aliphatic rings. The molecule has 0 saturated carbocycles. The van der Waals surface area contributed by atoms with E-state index < -0.39 is 17.7 Å². The average Bonchev–Trinajstić information content (AvgIpc) is 3.01. The number of ketones is 1. The van der Waals surface area contributed by atoms with E-state index in [1.54, 1.807) is 30.3 Å². The van der Waals surface area contributed by atoms with Crippen LogP contribution < -0.4 is 9.47 Å². The molecule has 3 rings (SSSR count). The van der Waals surface area contributed by atoms with E-state index in [1.807, 2.05) is 31.1 Å². The maximum atomic E-state index is 13.1. The van der Waals surface area contributed by atoms with Gasteiger partial charge in [0, 0.05) is 24.2 Å². The summed E-state index contributed by atoms with van der Waals surface area (Å²) in [6.45, 7) is 0.885. The molecule has 31 heavy (non-hydrogen) atoms. The fourth-order valence-electron chi connectivity index (χ4n) is 3.60. The lowest BCUT2D eigenvalue weighted by atomic mass is 9.94. The Morgan fingerprint density at radius 2 is 1.77 bits per heavy atom. The largest absolute Gasteiger partial charge is 0.507 e. The Balaban J connectivity index is 2.20.